The van der Waals surface area contributed by atoms with Gasteiger partial charge >= 0.3 is 0 Å². The Morgan fingerprint density at radius 1 is 1.00 bits per heavy atom. The van der Waals surface area contributed by atoms with Gasteiger partial charge in [0.2, 0.25) is 0 Å². The van der Waals surface area contributed by atoms with Gasteiger partial charge in [0.25, 0.3) is 0 Å². The van der Waals surface area contributed by atoms with Gasteiger partial charge in [0.05, 0.1) is 7.11 Å². The van der Waals surface area contributed by atoms with E-state index in [4.69, 9.17) is 4.74 Å². The Hall–Kier alpha value is -2.02. The number of hydrogen-bond donors (Lipinski definition) is 0. The molecule has 0 unspecified atom stereocenters. The van der Waals surface area contributed by atoms with Gasteiger partial charge in [-0.25, -0.2) is 0 Å². The van der Waals surface area contributed by atoms with Crippen molar-refractivity contribution in [2.45, 2.75) is 19.8 Å². The molecule has 2 aromatic rings. The third-order valence-corrected chi connectivity index (χ3v) is 3.27. The lowest BCUT2D eigenvalue weighted by Crippen LogP contribution is -1.86. The van der Waals surface area contributed by atoms with Crippen LogP contribution < -0.4 is 4.74 Å². The van der Waals surface area contributed by atoms with Crippen LogP contribution in [-0.4, -0.2) is 7.11 Å². The molecule has 0 heterocycles. The fourth-order valence-electron chi connectivity index (χ4n) is 2.07. The topological polar surface area (TPSA) is 9.23 Å². The van der Waals surface area contributed by atoms with E-state index in [0.717, 1.165) is 18.6 Å². The number of aryl methyl sites for hydroxylation is 1. The molecule has 0 atom stereocenters. The summed E-state index contributed by atoms with van der Waals surface area (Å²) in [4.78, 5) is 0. The molecule has 2 rings (SSSR count). The monoisotopic (exact) mass is 252 g/mol. The van der Waals surface area contributed by atoms with Crippen LogP contribution in [0.4, 0.5) is 0 Å². The highest BCUT2D eigenvalue weighted by atomic mass is 16.5. The average Bonchev–Trinajstić information content (AvgIpc) is 2.49. The van der Waals surface area contributed by atoms with E-state index in [-0.39, 0.29) is 0 Å². The minimum atomic E-state index is 0.916. The molecule has 0 bridgehead atoms. The van der Waals surface area contributed by atoms with Crippen LogP contribution in [0, 0.1) is 0 Å². The minimum absolute atomic E-state index is 0.916. The van der Waals surface area contributed by atoms with Crippen LogP contribution in [-0.2, 0) is 6.42 Å². The normalized spacial score (nSPS) is 11.4. The SMILES string of the molecule is COc1ccc(CC/C=C(\C)c2ccccc2)cc1. The summed E-state index contributed by atoms with van der Waals surface area (Å²) >= 11 is 0. The summed E-state index contributed by atoms with van der Waals surface area (Å²) in [6.45, 7) is 2.17. The lowest BCUT2D eigenvalue weighted by Gasteiger charge is -2.03. The van der Waals surface area contributed by atoms with E-state index >= 15 is 0 Å². The third-order valence-electron chi connectivity index (χ3n) is 3.27. The Labute approximate surface area is 115 Å². The van der Waals surface area contributed by atoms with Crippen LogP contribution in [0.15, 0.2) is 60.7 Å². The van der Waals surface area contributed by atoms with Gasteiger partial charge in [0.1, 0.15) is 5.75 Å². The van der Waals surface area contributed by atoms with Crippen LogP contribution in [0.25, 0.3) is 5.57 Å². The summed E-state index contributed by atoms with van der Waals surface area (Å²) < 4.78 is 5.16. The number of benzene rings is 2. The maximum Gasteiger partial charge on any atom is 0.118 e. The van der Waals surface area contributed by atoms with Crippen LogP contribution in [0.1, 0.15) is 24.5 Å². The number of allylic oxidation sites excluding steroid dienone is 2. The maximum atomic E-state index is 5.16. The Balaban J connectivity index is 1.92. The van der Waals surface area contributed by atoms with E-state index in [1.165, 1.54) is 16.7 Å². The molecule has 0 spiro atoms. The standard InChI is InChI=1S/C18H20O/c1-15(17-9-4-3-5-10-17)7-6-8-16-11-13-18(19-2)14-12-16/h3-5,7,9-14H,6,8H2,1-2H3/b15-7+. The first-order chi connectivity index (χ1) is 9.29. The highest BCUT2D eigenvalue weighted by Crippen LogP contribution is 2.16. The summed E-state index contributed by atoms with van der Waals surface area (Å²) in [6, 6.07) is 18.8. The van der Waals surface area contributed by atoms with Gasteiger partial charge in [-0.1, -0.05) is 48.5 Å². The van der Waals surface area contributed by atoms with E-state index in [1.54, 1.807) is 7.11 Å². The summed E-state index contributed by atoms with van der Waals surface area (Å²) in [5.74, 6) is 0.916. The van der Waals surface area contributed by atoms with Crippen molar-refractivity contribution in [3.63, 3.8) is 0 Å². The summed E-state index contributed by atoms with van der Waals surface area (Å²) in [5, 5.41) is 0. The van der Waals surface area contributed by atoms with Crippen LogP contribution in [0.2, 0.25) is 0 Å². The van der Waals surface area contributed by atoms with Crippen molar-refractivity contribution in [3.05, 3.63) is 71.8 Å². The zero-order chi connectivity index (χ0) is 13.5. The van der Waals surface area contributed by atoms with Crippen LogP contribution in [0.5, 0.6) is 5.75 Å². The van der Waals surface area contributed by atoms with Crippen LogP contribution in [0.3, 0.4) is 0 Å². The van der Waals surface area contributed by atoms with Gasteiger partial charge in [-0.2, -0.15) is 0 Å². The number of methoxy groups -OCH3 is 1. The van der Waals surface area contributed by atoms with Crippen molar-refractivity contribution in [1.29, 1.82) is 0 Å². The second kappa shape index (κ2) is 6.79. The van der Waals surface area contributed by atoms with E-state index in [2.05, 4.69) is 49.4 Å². The first kappa shape index (κ1) is 13.4. The van der Waals surface area contributed by atoms with Crippen molar-refractivity contribution in [2.24, 2.45) is 0 Å². The smallest absolute Gasteiger partial charge is 0.118 e. The Morgan fingerprint density at radius 2 is 1.68 bits per heavy atom. The predicted molar refractivity (Wildman–Crippen MR) is 81.4 cm³/mol. The van der Waals surface area contributed by atoms with Gasteiger partial charge in [0, 0.05) is 0 Å². The zero-order valence-corrected chi connectivity index (χ0v) is 11.6. The molecule has 0 radical (unpaired) electrons. The van der Waals surface area contributed by atoms with Gasteiger partial charge in [-0.3, -0.25) is 0 Å². The molecule has 0 aliphatic rings. The van der Waals surface area contributed by atoms with E-state index in [9.17, 15) is 0 Å². The second-order valence-electron chi connectivity index (χ2n) is 4.64. The predicted octanol–water partition coefficient (Wildman–Crippen LogP) is 4.73. The van der Waals surface area contributed by atoms with Crippen molar-refractivity contribution in [2.75, 3.05) is 7.11 Å². The average molecular weight is 252 g/mol. The molecule has 1 nitrogen and oxygen atoms in total. The van der Waals surface area contributed by atoms with Crippen molar-refractivity contribution < 1.29 is 4.74 Å². The summed E-state index contributed by atoms with van der Waals surface area (Å²) in [6.07, 6.45) is 4.43. The second-order valence-corrected chi connectivity index (χ2v) is 4.64. The van der Waals surface area contributed by atoms with Crippen molar-refractivity contribution in [1.82, 2.24) is 0 Å². The first-order valence-electron chi connectivity index (χ1n) is 6.64. The molecule has 19 heavy (non-hydrogen) atoms. The molecule has 0 aliphatic carbocycles. The fourth-order valence-corrected chi connectivity index (χ4v) is 2.07. The molecule has 0 amide bonds. The molecular formula is C18H20O. The molecule has 98 valence electrons. The molecule has 2 aromatic carbocycles. The summed E-state index contributed by atoms with van der Waals surface area (Å²) in [5.41, 5.74) is 3.99. The third kappa shape index (κ3) is 3.99. The van der Waals surface area contributed by atoms with Gasteiger partial charge in [-0.15, -0.1) is 0 Å². The lowest BCUT2D eigenvalue weighted by molar-refractivity contribution is 0.414. The Kier molecular flexibility index (Phi) is 4.79. The van der Waals surface area contributed by atoms with E-state index in [0.29, 0.717) is 0 Å². The van der Waals surface area contributed by atoms with Gasteiger partial charge in [0.15, 0.2) is 0 Å². The molecular weight excluding hydrogens is 232 g/mol. The first-order valence-corrected chi connectivity index (χ1v) is 6.64. The van der Waals surface area contributed by atoms with Crippen LogP contribution >= 0.6 is 0 Å². The molecule has 0 saturated heterocycles. The Morgan fingerprint density at radius 3 is 2.32 bits per heavy atom. The van der Waals surface area contributed by atoms with Gasteiger partial charge in [-0.05, 0) is 48.6 Å². The summed E-state index contributed by atoms with van der Waals surface area (Å²) in [7, 11) is 1.70. The van der Waals surface area contributed by atoms with Crippen molar-refractivity contribution in [3.8, 4) is 5.75 Å². The zero-order valence-electron chi connectivity index (χ0n) is 11.6. The minimum Gasteiger partial charge on any atom is -0.497 e. The van der Waals surface area contributed by atoms with E-state index < -0.39 is 0 Å². The van der Waals surface area contributed by atoms with Crippen molar-refractivity contribution >= 4 is 5.57 Å². The largest absolute Gasteiger partial charge is 0.497 e. The fraction of sp³-hybridized carbons (Fsp3) is 0.222. The van der Waals surface area contributed by atoms with Gasteiger partial charge < -0.3 is 4.74 Å². The highest BCUT2D eigenvalue weighted by Gasteiger charge is 1.96. The molecule has 1 heteroatoms. The quantitative estimate of drug-likeness (QED) is 0.747. The molecule has 0 N–H and O–H groups in total. The molecule has 0 aromatic heterocycles. The van der Waals surface area contributed by atoms with E-state index in [1.807, 2.05) is 18.2 Å². The molecule has 0 saturated carbocycles. The number of hydrogen-bond acceptors (Lipinski definition) is 1. The highest BCUT2D eigenvalue weighted by molar-refractivity contribution is 5.63. The molecule has 0 fully saturated rings. The lowest BCUT2D eigenvalue weighted by atomic mass is 10.0. The molecule has 0 aliphatic heterocycles. The maximum absolute atomic E-state index is 5.16. The number of rotatable bonds is 5. The Bertz CT molecular complexity index is 523. The number of ether oxygens (including phenoxy) is 1.